The number of hydrogen-bond acceptors (Lipinski definition) is 2. The summed E-state index contributed by atoms with van der Waals surface area (Å²) in [7, 11) is 0. The molecular weight excluding hydrogens is 226 g/mol. The number of aliphatic hydroxyl groups excluding tert-OH is 1. The highest BCUT2D eigenvalue weighted by Gasteiger charge is 2.25. The van der Waals surface area contributed by atoms with Gasteiger partial charge >= 0.3 is 0 Å². The molecule has 0 aromatic carbocycles. The average molecular weight is 253 g/mol. The van der Waals surface area contributed by atoms with Gasteiger partial charge in [-0.05, 0) is 31.6 Å². The summed E-state index contributed by atoms with van der Waals surface area (Å²) in [5.74, 6) is 0.737. The predicted molar refractivity (Wildman–Crippen MR) is 72.2 cm³/mol. The van der Waals surface area contributed by atoms with Gasteiger partial charge in [-0.25, -0.2) is 0 Å². The Balaban J connectivity index is 1.73. The van der Waals surface area contributed by atoms with E-state index in [1.165, 1.54) is 38.5 Å². The Bertz CT molecular complexity index is 259. The molecule has 2 atom stereocenters. The van der Waals surface area contributed by atoms with Gasteiger partial charge in [-0.15, -0.1) is 0 Å². The van der Waals surface area contributed by atoms with Crippen LogP contribution in [0.2, 0.25) is 0 Å². The minimum absolute atomic E-state index is 0.0111. The fourth-order valence-corrected chi connectivity index (χ4v) is 3.38. The van der Waals surface area contributed by atoms with Crippen LogP contribution < -0.4 is 5.32 Å². The summed E-state index contributed by atoms with van der Waals surface area (Å²) in [6.07, 6.45) is 12.0. The van der Waals surface area contributed by atoms with Crippen molar-refractivity contribution < 1.29 is 9.90 Å². The molecule has 2 saturated carbocycles. The van der Waals surface area contributed by atoms with Crippen molar-refractivity contribution in [2.24, 2.45) is 5.92 Å². The normalized spacial score (nSPS) is 30.7. The van der Waals surface area contributed by atoms with Crippen LogP contribution in [-0.4, -0.2) is 23.2 Å². The van der Waals surface area contributed by atoms with Gasteiger partial charge in [0.15, 0.2) is 0 Å². The number of amides is 1. The highest BCUT2D eigenvalue weighted by molar-refractivity contribution is 5.76. The van der Waals surface area contributed by atoms with Crippen molar-refractivity contribution >= 4 is 5.91 Å². The van der Waals surface area contributed by atoms with Crippen LogP contribution in [0.1, 0.15) is 70.6 Å². The number of carbonyl (C=O) groups excluding carboxylic acids is 1. The molecule has 3 heteroatoms. The van der Waals surface area contributed by atoms with Crippen LogP contribution in [0.15, 0.2) is 0 Å². The Morgan fingerprint density at radius 3 is 2.22 bits per heavy atom. The first-order valence-electron chi connectivity index (χ1n) is 7.73. The van der Waals surface area contributed by atoms with E-state index < -0.39 is 0 Å². The third-order valence-corrected chi connectivity index (χ3v) is 4.52. The van der Waals surface area contributed by atoms with E-state index in [9.17, 15) is 9.90 Å². The van der Waals surface area contributed by atoms with Gasteiger partial charge < -0.3 is 10.4 Å². The highest BCUT2D eigenvalue weighted by atomic mass is 16.3. The van der Waals surface area contributed by atoms with Crippen LogP contribution >= 0.6 is 0 Å². The van der Waals surface area contributed by atoms with Crippen LogP contribution in [0.5, 0.6) is 0 Å². The maximum Gasteiger partial charge on any atom is 0.220 e. The molecule has 0 radical (unpaired) electrons. The van der Waals surface area contributed by atoms with Crippen molar-refractivity contribution in [3.05, 3.63) is 0 Å². The minimum atomic E-state index is -0.322. The van der Waals surface area contributed by atoms with E-state index in [1.807, 2.05) is 0 Å². The highest BCUT2D eigenvalue weighted by Crippen LogP contribution is 2.25. The molecule has 0 saturated heterocycles. The number of hydrogen-bond donors (Lipinski definition) is 2. The molecule has 104 valence electrons. The van der Waals surface area contributed by atoms with Crippen LogP contribution in [0.3, 0.4) is 0 Å². The number of rotatable bonds is 3. The molecule has 2 rings (SSSR count). The first-order chi connectivity index (χ1) is 8.75. The fourth-order valence-electron chi connectivity index (χ4n) is 3.38. The van der Waals surface area contributed by atoms with Crippen LogP contribution in [0.4, 0.5) is 0 Å². The molecule has 2 fully saturated rings. The Morgan fingerprint density at radius 2 is 1.56 bits per heavy atom. The van der Waals surface area contributed by atoms with Crippen molar-refractivity contribution in [1.82, 2.24) is 5.32 Å². The lowest BCUT2D eigenvalue weighted by Gasteiger charge is -2.29. The van der Waals surface area contributed by atoms with E-state index in [0.717, 1.165) is 25.7 Å². The zero-order valence-corrected chi connectivity index (χ0v) is 11.4. The molecule has 0 aliphatic heterocycles. The topological polar surface area (TPSA) is 49.3 Å². The van der Waals surface area contributed by atoms with E-state index in [2.05, 4.69) is 5.32 Å². The first kappa shape index (κ1) is 13.9. The van der Waals surface area contributed by atoms with Crippen molar-refractivity contribution in [2.75, 3.05) is 0 Å². The van der Waals surface area contributed by atoms with Crippen molar-refractivity contribution in [2.45, 2.75) is 82.8 Å². The van der Waals surface area contributed by atoms with Crippen LogP contribution in [-0.2, 0) is 4.79 Å². The number of aliphatic hydroxyl groups is 1. The Morgan fingerprint density at radius 1 is 0.944 bits per heavy atom. The standard InChI is InChI=1S/C15H27NO2/c17-14-10-6-5-9-13(14)16-15(18)11-12-7-3-1-2-4-8-12/h12-14,17H,1-11H2,(H,16,18). The van der Waals surface area contributed by atoms with Crippen molar-refractivity contribution in [3.8, 4) is 0 Å². The molecule has 1 amide bonds. The van der Waals surface area contributed by atoms with Crippen LogP contribution in [0.25, 0.3) is 0 Å². The summed E-state index contributed by atoms with van der Waals surface area (Å²) in [4.78, 5) is 12.0. The van der Waals surface area contributed by atoms with Crippen LogP contribution in [0, 0.1) is 5.92 Å². The molecule has 0 aromatic rings. The first-order valence-corrected chi connectivity index (χ1v) is 7.73. The van der Waals surface area contributed by atoms with E-state index in [4.69, 9.17) is 0 Å². The van der Waals surface area contributed by atoms with Crippen molar-refractivity contribution in [1.29, 1.82) is 0 Å². The molecule has 2 unspecified atom stereocenters. The molecule has 3 nitrogen and oxygen atoms in total. The Kier molecular flexibility index (Phi) is 5.48. The average Bonchev–Trinajstić information content (AvgIpc) is 2.61. The maximum atomic E-state index is 12.0. The molecule has 2 aliphatic rings. The van der Waals surface area contributed by atoms with Gasteiger partial charge in [0.2, 0.25) is 5.91 Å². The Labute approximate surface area is 110 Å². The molecule has 2 aliphatic carbocycles. The zero-order chi connectivity index (χ0) is 12.8. The Hall–Kier alpha value is -0.570. The molecule has 0 bridgehead atoms. The van der Waals surface area contributed by atoms with E-state index in [1.54, 1.807) is 0 Å². The van der Waals surface area contributed by atoms with E-state index in [0.29, 0.717) is 12.3 Å². The molecule has 2 N–H and O–H groups in total. The predicted octanol–water partition coefficient (Wildman–Crippen LogP) is 2.77. The van der Waals surface area contributed by atoms with Gasteiger partial charge in [0, 0.05) is 6.42 Å². The van der Waals surface area contributed by atoms with Crippen molar-refractivity contribution in [3.63, 3.8) is 0 Å². The summed E-state index contributed by atoms with van der Waals surface area (Å²) >= 11 is 0. The molecular formula is C15H27NO2. The monoisotopic (exact) mass is 253 g/mol. The maximum absolute atomic E-state index is 12.0. The lowest BCUT2D eigenvalue weighted by atomic mass is 9.91. The third-order valence-electron chi connectivity index (χ3n) is 4.52. The summed E-state index contributed by atoms with van der Waals surface area (Å²) < 4.78 is 0. The van der Waals surface area contributed by atoms with Gasteiger partial charge in [-0.3, -0.25) is 4.79 Å². The third kappa shape index (κ3) is 4.27. The second kappa shape index (κ2) is 7.13. The fraction of sp³-hybridized carbons (Fsp3) is 0.933. The van der Waals surface area contributed by atoms with Gasteiger partial charge in [0.1, 0.15) is 0 Å². The second-order valence-corrected chi connectivity index (χ2v) is 6.09. The molecule has 0 heterocycles. The number of nitrogens with one attached hydrogen (secondary N) is 1. The largest absolute Gasteiger partial charge is 0.391 e. The zero-order valence-electron chi connectivity index (χ0n) is 11.4. The van der Waals surface area contributed by atoms with E-state index >= 15 is 0 Å². The SMILES string of the molecule is O=C(CC1CCCCCC1)NC1CCCCC1O. The minimum Gasteiger partial charge on any atom is -0.391 e. The van der Waals surface area contributed by atoms with E-state index in [-0.39, 0.29) is 18.1 Å². The van der Waals surface area contributed by atoms with Gasteiger partial charge in [-0.2, -0.15) is 0 Å². The molecule has 18 heavy (non-hydrogen) atoms. The summed E-state index contributed by atoms with van der Waals surface area (Å²) in [5, 5.41) is 12.9. The summed E-state index contributed by atoms with van der Waals surface area (Å²) in [6.45, 7) is 0. The molecule has 0 spiro atoms. The number of carbonyl (C=O) groups is 1. The lowest BCUT2D eigenvalue weighted by molar-refractivity contribution is -0.124. The lowest BCUT2D eigenvalue weighted by Crippen LogP contribution is -2.45. The smallest absolute Gasteiger partial charge is 0.220 e. The quantitative estimate of drug-likeness (QED) is 0.760. The van der Waals surface area contributed by atoms with Gasteiger partial charge in [0.25, 0.3) is 0 Å². The summed E-state index contributed by atoms with van der Waals surface area (Å²) in [5.41, 5.74) is 0. The second-order valence-electron chi connectivity index (χ2n) is 6.09. The van der Waals surface area contributed by atoms with Gasteiger partial charge in [0.05, 0.1) is 12.1 Å². The summed E-state index contributed by atoms with van der Waals surface area (Å²) in [6, 6.07) is 0.0111. The molecule has 0 aromatic heterocycles. The van der Waals surface area contributed by atoms with Gasteiger partial charge in [-0.1, -0.05) is 38.5 Å².